The summed E-state index contributed by atoms with van der Waals surface area (Å²) in [4.78, 5) is 38.2. The van der Waals surface area contributed by atoms with Crippen molar-refractivity contribution in [3.8, 4) is 0 Å². The first kappa shape index (κ1) is 22.5. The Hall–Kier alpha value is -3.23. The van der Waals surface area contributed by atoms with Gasteiger partial charge in [-0.15, -0.1) is 0 Å². The van der Waals surface area contributed by atoms with E-state index in [1.54, 1.807) is 36.4 Å². The Morgan fingerprint density at radius 2 is 1.74 bits per heavy atom. The predicted octanol–water partition coefficient (Wildman–Crippen LogP) is 4.02. The van der Waals surface area contributed by atoms with E-state index in [-0.39, 0.29) is 18.9 Å². The van der Waals surface area contributed by atoms with Gasteiger partial charge in [0.2, 0.25) is 0 Å². The Labute approximate surface area is 190 Å². The van der Waals surface area contributed by atoms with Crippen molar-refractivity contribution in [2.24, 2.45) is 0 Å². The lowest BCUT2D eigenvalue weighted by Gasteiger charge is -2.13. The zero-order valence-electron chi connectivity index (χ0n) is 16.5. The fourth-order valence-corrected chi connectivity index (χ4v) is 3.92. The molecular weight excluding hydrogens is 432 g/mol. The summed E-state index contributed by atoms with van der Waals surface area (Å²) in [5.41, 5.74) is 1.64. The Morgan fingerprint density at radius 1 is 1.06 bits per heavy atom. The largest absolute Gasteiger partial charge is 0.456 e. The average Bonchev–Trinajstić information content (AvgIpc) is 3.05. The number of hydrogen-bond donors (Lipinski definition) is 1. The van der Waals surface area contributed by atoms with E-state index >= 15 is 0 Å². The van der Waals surface area contributed by atoms with Crippen molar-refractivity contribution in [3.63, 3.8) is 0 Å². The molecule has 1 heterocycles. The van der Waals surface area contributed by atoms with E-state index in [2.05, 4.69) is 5.32 Å². The number of esters is 1. The summed E-state index contributed by atoms with van der Waals surface area (Å²) >= 11 is 6.45. The Morgan fingerprint density at radius 3 is 2.45 bits per heavy atom. The minimum Gasteiger partial charge on any atom is -0.456 e. The number of benzene rings is 2. The molecule has 31 heavy (non-hydrogen) atoms. The number of anilines is 1. The van der Waals surface area contributed by atoms with Gasteiger partial charge in [0.1, 0.15) is 4.32 Å². The molecule has 1 fully saturated rings. The number of carbonyl (C=O) groups is 3. The van der Waals surface area contributed by atoms with E-state index in [4.69, 9.17) is 17.0 Å². The highest BCUT2D eigenvalue weighted by Gasteiger charge is 2.31. The summed E-state index contributed by atoms with van der Waals surface area (Å²) < 4.78 is 5.37. The molecular formula is C23H20N2O4S2. The van der Waals surface area contributed by atoms with Crippen LogP contribution in [0.1, 0.15) is 12.0 Å². The van der Waals surface area contributed by atoms with Crippen LogP contribution in [-0.2, 0) is 19.1 Å². The number of nitrogens with zero attached hydrogens (tertiary/aromatic N) is 1. The van der Waals surface area contributed by atoms with Gasteiger partial charge in [0.15, 0.2) is 6.61 Å². The maximum Gasteiger partial charge on any atom is 0.308 e. The number of hydrogen-bond acceptors (Lipinski definition) is 6. The highest BCUT2D eigenvalue weighted by molar-refractivity contribution is 8.26. The molecule has 2 amide bonds. The molecule has 0 aromatic heterocycles. The van der Waals surface area contributed by atoms with Gasteiger partial charge in [0, 0.05) is 12.2 Å². The van der Waals surface area contributed by atoms with Crippen LogP contribution >= 0.6 is 24.0 Å². The molecule has 8 heteroatoms. The van der Waals surface area contributed by atoms with Crippen LogP contribution in [0.15, 0.2) is 77.7 Å². The van der Waals surface area contributed by atoms with Gasteiger partial charge >= 0.3 is 5.97 Å². The lowest BCUT2D eigenvalue weighted by molar-refractivity contribution is -0.147. The number of ether oxygens (including phenoxy) is 1. The third-order valence-corrected chi connectivity index (χ3v) is 5.57. The molecule has 1 aliphatic rings. The molecule has 0 spiro atoms. The minimum atomic E-state index is -0.579. The van der Waals surface area contributed by atoms with Crippen molar-refractivity contribution in [2.45, 2.75) is 6.42 Å². The summed E-state index contributed by atoms with van der Waals surface area (Å²) in [5.74, 6) is -1.26. The van der Waals surface area contributed by atoms with Gasteiger partial charge in [-0.1, -0.05) is 84.7 Å². The quantitative estimate of drug-likeness (QED) is 0.371. The topological polar surface area (TPSA) is 75.7 Å². The zero-order chi connectivity index (χ0) is 22.1. The molecule has 2 aromatic rings. The third kappa shape index (κ3) is 6.91. The molecule has 0 atom stereocenters. The molecule has 0 radical (unpaired) electrons. The van der Waals surface area contributed by atoms with Gasteiger partial charge in [-0.05, 0) is 23.8 Å². The van der Waals surface area contributed by atoms with Crippen LogP contribution in [0.2, 0.25) is 0 Å². The smallest absolute Gasteiger partial charge is 0.308 e. The molecule has 1 aliphatic heterocycles. The molecule has 0 bridgehead atoms. The van der Waals surface area contributed by atoms with Crippen LogP contribution in [0.25, 0.3) is 6.08 Å². The molecule has 158 valence electrons. The van der Waals surface area contributed by atoms with Crippen molar-refractivity contribution in [2.75, 3.05) is 18.5 Å². The van der Waals surface area contributed by atoms with E-state index in [0.29, 0.717) is 14.9 Å². The highest BCUT2D eigenvalue weighted by Crippen LogP contribution is 2.31. The SMILES string of the molecule is O=C(COC(=O)CCN1C(=O)C(=CC=Cc2ccccc2)SC1=S)Nc1ccccc1. The third-order valence-electron chi connectivity index (χ3n) is 4.17. The highest BCUT2D eigenvalue weighted by atomic mass is 32.2. The average molecular weight is 453 g/mol. The summed E-state index contributed by atoms with van der Waals surface area (Å²) in [6.07, 6.45) is 5.34. The van der Waals surface area contributed by atoms with Crippen molar-refractivity contribution in [3.05, 3.63) is 83.3 Å². The second-order valence-corrected chi connectivity index (χ2v) is 8.13. The van der Waals surface area contributed by atoms with E-state index in [1.807, 2.05) is 42.5 Å². The maximum absolute atomic E-state index is 12.5. The predicted molar refractivity (Wildman–Crippen MR) is 126 cm³/mol. The molecule has 0 saturated carbocycles. The molecule has 1 N–H and O–H groups in total. The second-order valence-electron chi connectivity index (χ2n) is 6.45. The van der Waals surface area contributed by atoms with Crippen molar-refractivity contribution in [1.82, 2.24) is 4.90 Å². The van der Waals surface area contributed by atoms with Crippen LogP contribution in [0.5, 0.6) is 0 Å². The molecule has 0 aliphatic carbocycles. The van der Waals surface area contributed by atoms with Crippen LogP contribution in [-0.4, -0.2) is 40.2 Å². The van der Waals surface area contributed by atoms with E-state index < -0.39 is 18.5 Å². The zero-order valence-corrected chi connectivity index (χ0v) is 18.2. The van der Waals surface area contributed by atoms with E-state index in [1.165, 1.54) is 16.7 Å². The van der Waals surface area contributed by atoms with Gasteiger partial charge in [0.25, 0.3) is 11.8 Å². The summed E-state index contributed by atoms with van der Waals surface area (Å²) in [6.45, 7) is -0.292. The number of carbonyl (C=O) groups excluding carboxylic acids is 3. The lowest BCUT2D eigenvalue weighted by atomic mass is 10.2. The van der Waals surface area contributed by atoms with Gasteiger partial charge < -0.3 is 10.1 Å². The van der Waals surface area contributed by atoms with Gasteiger partial charge in [-0.25, -0.2) is 0 Å². The molecule has 0 unspecified atom stereocenters. The first-order valence-corrected chi connectivity index (χ1v) is 10.7. The normalized spacial score (nSPS) is 15.0. The number of allylic oxidation sites excluding steroid dienone is 2. The van der Waals surface area contributed by atoms with Gasteiger partial charge in [-0.3, -0.25) is 19.3 Å². The second kappa shape index (κ2) is 11.2. The number of thiocarbonyl (C=S) groups is 1. The lowest BCUT2D eigenvalue weighted by Crippen LogP contribution is -2.31. The Balaban J connectivity index is 1.44. The molecule has 1 saturated heterocycles. The number of para-hydroxylation sites is 1. The molecule has 2 aromatic carbocycles. The van der Waals surface area contributed by atoms with Crippen molar-refractivity contribution >= 4 is 57.8 Å². The van der Waals surface area contributed by atoms with Gasteiger partial charge in [-0.2, -0.15) is 0 Å². The summed E-state index contributed by atoms with van der Waals surface area (Å²) in [6, 6.07) is 18.6. The van der Waals surface area contributed by atoms with E-state index in [9.17, 15) is 14.4 Å². The first-order chi connectivity index (χ1) is 15.0. The first-order valence-electron chi connectivity index (χ1n) is 9.50. The van der Waals surface area contributed by atoms with Crippen molar-refractivity contribution < 1.29 is 19.1 Å². The fraction of sp³-hybridized carbons (Fsp3) is 0.130. The van der Waals surface area contributed by atoms with Crippen LogP contribution < -0.4 is 5.32 Å². The number of rotatable bonds is 8. The van der Waals surface area contributed by atoms with Crippen LogP contribution in [0, 0.1) is 0 Å². The Bertz CT molecular complexity index is 1020. The monoisotopic (exact) mass is 452 g/mol. The minimum absolute atomic E-state index is 0.0573. The van der Waals surface area contributed by atoms with Crippen molar-refractivity contribution in [1.29, 1.82) is 0 Å². The van der Waals surface area contributed by atoms with Crippen LogP contribution in [0.4, 0.5) is 5.69 Å². The standard InChI is InChI=1S/C23H20N2O4S2/c26-20(24-18-11-5-2-6-12-18)16-29-21(27)14-15-25-22(28)19(31-23(25)30)13-7-10-17-8-3-1-4-9-17/h1-13H,14-16H2,(H,24,26). The Kier molecular flexibility index (Phi) is 8.14. The fourth-order valence-electron chi connectivity index (χ4n) is 2.66. The number of nitrogens with one attached hydrogen (secondary N) is 1. The van der Waals surface area contributed by atoms with Crippen LogP contribution in [0.3, 0.4) is 0 Å². The molecule has 3 rings (SSSR count). The molecule has 6 nitrogen and oxygen atoms in total. The summed E-state index contributed by atoms with van der Waals surface area (Å²) in [5, 5.41) is 2.63. The van der Waals surface area contributed by atoms with E-state index in [0.717, 1.165) is 5.56 Å². The number of thioether (sulfide) groups is 1. The maximum atomic E-state index is 12.5. The summed E-state index contributed by atoms with van der Waals surface area (Å²) in [7, 11) is 0. The number of amides is 2. The van der Waals surface area contributed by atoms with Gasteiger partial charge in [0.05, 0.1) is 11.3 Å².